The van der Waals surface area contributed by atoms with Crippen LogP contribution in [0, 0.1) is 11.7 Å². The summed E-state index contributed by atoms with van der Waals surface area (Å²) in [6, 6.07) is 5.02. The van der Waals surface area contributed by atoms with Gasteiger partial charge in [0.1, 0.15) is 0 Å². The van der Waals surface area contributed by atoms with Crippen molar-refractivity contribution in [1.29, 1.82) is 0 Å². The van der Waals surface area contributed by atoms with Gasteiger partial charge in [-0.05, 0) is 30.5 Å². The average Bonchev–Trinajstić information content (AvgIpc) is 2.58. The molecule has 0 aliphatic carbocycles. The molecule has 1 atom stereocenters. The van der Waals surface area contributed by atoms with E-state index >= 15 is 0 Å². The molecule has 0 saturated carbocycles. The molecule has 4 nitrogen and oxygen atoms in total. The minimum Gasteiger partial charge on any atom is -0.494 e. The van der Waals surface area contributed by atoms with E-state index in [2.05, 4.69) is 29.1 Å². The molecule has 0 unspecified atom stereocenters. The minimum atomic E-state index is -0.349. The van der Waals surface area contributed by atoms with Crippen molar-refractivity contribution in [3.05, 3.63) is 47.5 Å². The highest BCUT2D eigenvalue weighted by Gasteiger charge is 2.09. The first-order chi connectivity index (χ1) is 11.5. The van der Waals surface area contributed by atoms with E-state index in [0.717, 1.165) is 22.0 Å². The van der Waals surface area contributed by atoms with Crippen LogP contribution in [0.25, 0.3) is 0 Å². The SMILES string of the molecule is COc1ccc([C@H](C)NCc2cnc(SCC(C)C)nc2)cc1F. The van der Waals surface area contributed by atoms with Crippen LogP contribution >= 0.6 is 11.8 Å². The van der Waals surface area contributed by atoms with Gasteiger partial charge in [-0.1, -0.05) is 31.7 Å². The Morgan fingerprint density at radius 1 is 1.21 bits per heavy atom. The predicted octanol–water partition coefficient (Wildman–Crippen LogP) is 4.22. The molecule has 0 spiro atoms. The molecule has 24 heavy (non-hydrogen) atoms. The fraction of sp³-hybridized carbons (Fsp3) is 0.444. The van der Waals surface area contributed by atoms with Gasteiger partial charge in [0.05, 0.1) is 7.11 Å². The van der Waals surface area contributed by atoms with Crippen LogP contribution in [0.4, 0.5) is 4.39 Å². The summed E-state index contributed by atoms with van der Waals surface area (Å²) >= 11 is 1.67. The number of thioether (sulfide) groups is 1. The van der Waals surface area contributed by atoms with Crippen LogP contribution in [0.15, 0.2) is 35.7 Å². The van der Waals surface area contributed by atoms with E-state index in [4.69, 9.17) is 4.74 Å². The van der Waals surface area contributed by atoms with Crippen molar-refractivity contribution in [1.82, 2.24) is 15.3 Å². The predicted molar refractivity (Wildman–Crippen MR) is 95.8 cm³/mol. The Kier molecular flexibility index (Phi) is 6.99. The van der Waals surface area contributed by atoms with Crippen molar-refractivity contribution in [3.8, 4) is 5.75 Å². The topological polar surface area (TPSA) is 47.0 Å². The Morgan fingerprint density at radius 3 is 2.50 bits per heavy atom. The maximum atomic E-state index is 13.8. The van der Waals surface area contributed by atoms with Crippen molar-refractivity contribution in [2.24, 2.45) is 5.92 Å². The molecule has 0 radical (unpaired) electrons. The molecule has 1 aromatic heterocycles. The van der Waals surface area contributed by atoms with Crippen LogP contribution < -0.4 is 10.1 Å². The standard InChI is InChI=1S/C18H24FN3OS/c1-12(2)11-24-18-21-9-14(10-22-18)8-20-13(3)15-5-6-17(23-4)16(19)7-15/h5-7,9-10,12-13,20H,8,11H2,1-4H3/t13-/m0/s1. The molecule has 2 rings (SSSR count). The number of benzene rings is 1. The smallest absolute Gasteiger partial charge is 0.187 e. The van der Waals surface area contributed by atoms with E-state index in [1.165, 1.54) is 13.2 Å². The quantitative estimate of drug-likeness (QED) is 0.571. The van der Waals surface area contributed by atoms with Gasteiger partial charge in [0.15, 0.2) is 16.7 Å². The second kappa shape index (κ2) is 8.99. The summed E-state index contributed by atoms with van der Waals surface area (Å²) in [7, 11) is 1.46. The zero-order valence-corrected chi connectivity index (χ0v) is 15.4. The molecule has 0 fully saturated rings. The second-order valence-corrected chi connectivity index (χ2v) is 7.06. The van der Waals surface area contributed by atoms with E-state index in [0.29, 0.717) is 12.5 Å². The molecule has 130 valence electrons. The fourth-order valence-electron chi connectivity index (χ4n) is 2.09. The van der Waals surface area contributed by atoms with Crippen molar-refractivity contribution in [2.45, 2.75) is 38.5 Å². The molecule has 0 bridgehead atoms. The number of ether oxygens (including phenoxy) is 1. The lowest BCUT2D eigenvalue weighted by Crippen LogP contribution is -2.18. The Hall–Kier alpha value is -1.66. The van der Waals surface area contributed by atoms with E-state index in [-0.39, 0.29) is 17.6 Å². The number of hydrogen-bond donors (Lipinski definition) is 1. The summed E-state index contributed by atoms with van der Waals surface area (Å²) in [6.45, 7) is 6.97. The molecule has 0 aliphatic rings. The molecular weight excluding hydrogens is 325 g/mol. The molecule has 1 heterocycles. The number of methoxy groups -OCH3 is 1. The Balaban J connectivity index is 1.89. The molecule has 1 aromatic carbocycles. The van der Waals surface area contributed by atoms with Crippen LogP contribution in [0.3, 0.4) is 0 Å². The van der Waals surface area contributed by atoms with E-state index in [1.807, 2.05) is 25.4 Å². The lowest BCUT2D eigenvalue weighted by molar-refractivity contribution is 0.385. The molecule has 1 N–H and O–H groups in total. The van der Waals surface area contributed by atoms with Crippen molar-refractivity contribution in [2.75, 3.05) is 12.9 Å². The highest BCUT2D eigenvalue weighted by atomic mass is 32.2. The number of nitrogens with zero attached hydrogens (tertiary/aromatic N) is 2. The molecule has 0 saturated heterocycles. The fourth-order valence-corrected chi connectivity index (χ4v) is 2.83. The van der Waals surface area contributed by atoms with Gasteiger partial charge in [0.2, 0.25) is 0 Å². The monoisotopic (exact) mass is 349 g/mol. The van der Waals surface area contributed by atoms with Crippen LogP contribution in [0.1, 0.15) is 37.9 Å². The summed E-state index contributed by atoms with van der Waals surface area (Å²) in [5.74, 6) is 1.54. The lowest BCUT2D eigenvalue weighted by atomic mass is 10.1. The first-order valence-corrected chi connectivity index (χ1v) is 8.98. The third kappa shape index (κ3) is 5.46. The third-order valence-corrected chi connectivity index (χ3v) is 4.82. The van der Waals surface area contributed by atoms with Gasteiger partial charge in [0, 0.05) is 36.3 Å². The van der Waals surface area contributed by atoms with E-state index in [9.17, 15) is 4.39 Å². The largest absolute Gasteiger partial charge is 0.494 e. The van der Waals surface area contributed by atoms with Gasteiger partial charge in [-0.3, -0.25) is 0 Å². The zero-order valence-electron chi connectivity index (χ0n) is 14.5. The number of halogens is 1. The van der Waals surface area contributed by atoms with Crippen LogP contribution in [-0.2, 0) is 6.54 Å². The summed E-state index contributed by atoms with van der Waals surface area (Å²) in [4.78, 5) is 8.75. The number of hydrogen-bond acceptors (Lipinski definition) is 5. The average molecular weight is 349 g/mol. The number of nitrogens with one attached hydrogen (secondary N) is 1. The van der Waals surface area contributed by atoms with Crippen molar-refractivity contribution in [3.63, 3.8) is 0 Å². The second-order valence-electron chi connectivity index (χ2n) is 6.08. The number of aromatic nitrogens is 2. The van der Waals surface area contributed by atoms with Gasteiger partial charge in [-0.2, -0.15) is 0 Å². The molecule has 2 aromatic rings. The van der Waals surface area contributed by atoms with Gasteiger partial charge < -0.3 is 10.1 Å². The summed E-state index contributed by atoms with van der Waals surface area (Å²) in [5.41, 5.74) is 1.88. The van der Waals surface area contributed by atoms with E-state index < -0.39 is 0 Å². The van der Waals surface area contributed by atoms with Crippen LogP contribution in [0.5, 0.6) is 5.75 Å². The molecule has 0 amide bonds. The Labute approximate surface area is 147 Å². The number of rotatable bonds is 8. The minimum absolute atomic E-state index is 0.0143. The highest BCUT2D eigenvalue weighted by Crippen LogP contribution is 2.22. The highest BCUT2D eigenvalue weighted by molar-refractivity contribution is 7.99. The normalized spacial score (nSPS) is 12.4. The van der Waals surface area contributed by atoms with Crippen molar-refractivity contribution >= 4 is 11.8 Å². The van der Waals surface area contributed by atoms with Gasteiger partial charge in [-0.15, -0.1) is 0 Å². The third-order valence-electron chi connectivity index (χ3n) is 3.52. The molecule has 0 aliphatic heterocycles. The van der Waals surface area contributed by atoms with Gasteiger partial charge >= 0.3 is 0 Å². The first-order valence-electron chi connectivity index (χ1n) is 8.00. The molecular formula is C18H24FN3OS. The Bertz CT molecular complexity index is 649. The van der Waals surface area contributed by atoms with Gasteiger partial charge in [-0.25, -0.2) is 14.4 Å². The summed E-state index contributed by atoms with van der Waals surface area (Å²) in [6.07, 6.45) is 3.67. The van der Waals surface area contributed by atoms with Crippen LogP contribution in [-0.4, -0.2) is 22.8 Å². The van der Waals surface area contributed by atoms with Gasteiger partial charge in [0.25, 0.3) is 0 Å². The Morgan fingerprint density at radius 2 is 1.92 bits per heavy atom. The van der Waals surface area contributed by atoms with Crippen LogP contribution in [0.2, 0.25) is 0 Å². The summed E-state index contributed by atoms with van der Waals surface area (Å²) in [5, 5.41) is 4.16. The maximum Gasteiger partial charge on any atom is 0.187 e. The van der Waals surface area contributed by atoms with Crippen molar-refractivity contribution < 1.29 is 9.13 Å². The summed E-state index contributed by atoms with van der Waals surface area (Å²) < 4.78 is 18.7. The zero-order chi connectivity index (χ0) is 17.5. The van der Waals surface area contributed by atoms with E-state index in [1.54, 1.807) is 17.8 Å². The lowest BCUT2D eigenvalue weighted by Gasteiger charge is -2.15. The first kappa shape index (κ1) is 18.7. The maximum absolute atomic E-state index is 13.8. The molecule has 6 heteroatoms.